The number of aliphatic hydroxyl groups excluding tert-OH is 1. The van der Waals surface area contributed by atoms with E-state index in [0.717, 1.165) is 17.7 Å². The van der Waals surface area contributed by atoms with Gasteiger partial charge in [0.2, 0.25) is 0 Å². The predicted molar refractivity (Wildman–Crippen MR) is 93.9 cm³/mol. The summed E-state index contributed by atoms with van der Waals surface area (Å²) in [5.41, 5.74) is 2.01. The molecule has 2 rings (SSSR count). The van der Waals surface area contributed by atoms with E-state index >= 15 is 0 Å². The number of nitrogens with one attached hydrogen (secondary N) is 2. The number of aliphatic hydroxyl groups is 1. The predicted octanol–water partition coefficient (Wildman–Crippen LogP) is 2.47. The van der Waals surface area contributed by atoms with Crippen LogP contribution in [0.4, 0.5) is 4.79 Å². The van der Waals surface area contributed by atoms with Crippen LogP contribution in [-0.2, 0) is 6.54 Å². The van der Waals surface area contributed by atoms with Gasteiger partial charge in [0.1, 0.15) is 0 Å². The molecule has 6 nitrogen and oxygen atoms in total. The van der Waals surface area contributed by atoms with E-state index in [9.17, 15) is 9.90 Å². The van der Waals surface area contributed by atoms with Crippen LogP contribution in [0.3, 0.4) is 0 Å². The Morgan fingerprint density at radius 2 is 2.00 bits per heavy atom. The molecule has 0 saturated carbocycles. The summed E-state index contributed by atoms with van der Waals surface area (Å²) < 4.78 is 1.78. The topological polar surface area (TPSA) is 79.2 Å². The number of carbonyl (C=O) groups excluding carboxylic acids is 1. The van der Waals surface area contributed by atoms with Crippen LogP contribution < -0.4 is 10.6 Å². The first-order valence-electron chi connectivity index (χ1n) is 8.11. The van der Waals surface area contributed by atoms with Gasteiger partial charge in [0.05, 0.1) is 18.3 Å². The van der Waals surface area contributed by atoms with Crippen LogP contribution >= 0.6 is 0 Å². The van der Waals surface area contributed by atoms with Crippen LogP contribution in [-0.4, -0.2) is 33.6 Å². The number of carbonyl (C=O) groups is 1. The maximum Gasteiger partial charge on any atom is 0.315 e. The van der Waals surface area contributed by atoms with E-state index in [1.807, 2.05) is 36.5 Å². The highest BCUT2D eigenvalue weighted by Crippen LogP contribution is 2.20. The van der Waals surface area contributed by atoms with Gasteiger partial charge in [-0.05, 0) is 35.6 Å². The molecular formula is C18H26N4O2. The standard InChI is InChI=1S/C18H26N4O2/c1-18(2,3)11-15(13-23)21-17(24)19-12-14-5-7-16(8-6-14)22-10-4-9-20-22/h4-10,15,23H,11-13H2,1-3H3,(H2,19,21,24). The lowest BCUT2D eigenvalue weighted by Crippen LogP contribution is -2.45. The molecule has 1 heterocycles. The normalized spacial score (nSPS) is 12.7. The van der Waals surface area contributed by atoms with Crippen LogP contribution in [0, 0.1) is 5.41 Å². The van der Waals surface area contributed by atoms with Gasteiger partial charge in [-0.1, -0.05) is 32.9 Å². The highest BCUT2D eigenvalue weighted by molar-refractivity contribution is 5.74. The van der Waals surface area contributed by atoms with Gasteiger partial charge in [-0.2, -0.15) is 5.10 Å². The number of benzene rings is 1. The molecule has 1 unspecified atom stereocenters. The molecule has 0 aliphatic carbocycles. The van der Waals surface area contributed by atoms with E-state index in [-0.39, 0.29) is 24.1 Å². The molecule has 2 amide bonds. The zero-order chi connectivity index (χ0) is 17.6. The smallest absolute Gasteiger partial charge is 0.315 e. The Balaban J connectivity index is 1.83. The van der Waals surface area contributed by atoms with Gasteiger partial charge in [0, 0.05) is 18.9 Å². The third-order valence-corrected chi connectivity index (χ3v) is 3.57. The molecular weight excluding hydrogens is 304 g/mol. The fourth-order valence-corrected chi connectivity index (χ4v) is 2.51. The van der Waals surface area contributed by atoms with Crippen LogP contribution in [0.5, 0.6) is 0 Å². The van der Waals surface area contributed by atoms with Crippen molar-refractivity contribution in [3.8, 4) is 5.69 Å². The van der Waals surface area contributed by atoms with Crippen molar-refractivity contribution >= 4 is 6.03 Å². The largest absolute Gasteiger partial charge is 0.394 e. The van der Waals surface area contributed by atoms with E-state index < -0.39 is 0 Å². The second kappa shape index (κ2) is 7.97. The summed E-state index contributed by atoms with van der Waals surface area (Å²) >= 11 is 0. The number of urea groups is 1. The second-order valence-electron chi connectivity index (χ2n) is 7.09. The SMILES string of the molecule is CC(C)(C)CC(CO)NC(=O)NCc1ccc(-n2cccn2)cc1. The fraction of sp³-hybridized carbons (Fsp3) is 0.444. The van der Waals surface area contributed by atoms with Crippen molar-refractivity contribution in [2.45, 2.75) is 39.8 Å². The Morgan fingerprint density at radius 1 is 1.29 bits per heavy atom. The minimum atomic E-state index is -0.269. The zero-order valence-electron chi connectivity index (χ0n) is 14.5. The molecule has 1 aromatic carbocycles. The maximum absolute atomic E-state index is 12.0. The van der Waals surface area contributed by atoms with Crippen molar-refractivity contribution in [1.29, 1.82) is 0 Å². The molecule has 0 saturated heterocycles. The van der Waals surface area contributed by atoms with Crippen LogP contribution in [0.1, 0.15) is 32.8 Å². The van der Waals surface area contributed by atoms with E-state index in [0.29, 0.717) is 6.54 Å². The minimum absolute atomic E-state index is 0.0447. The summed E-state index contributed by atoms with van der Waals surface area (Å²) in [5.74, 6) is 0. The third-order valence-electron chi connectivity index (χ3n) is 3.57. The Kier molecular flexibility index (Phi) is 5.98. The quantitative estimate of drug-likeness (QED) is 0.761. The second-order valence-corrected chi connectivity index (χ2v) is 7.09. The summed E-state index contributed by atoms with van der Waals surface area (Å²) in [6.07, 6.45) is 4.33. The lowest BCUT2D eigenvalue weighted by Gasteiger charge is -2.25. The van der Waals surface area contributed by atoms with Gasteiger partial charge in [0.15, 0.2) is 0 Å². The van der Waals surface area contributed by atoms with Gasteiger partial charge in [-0.15, -0.1) is 0 Å². The molecule has 24 heavy (non-hydrogen) atoms. The Hall–Kier alpha value is -2.34. The third kappa shape index (κ3) is 5.70. The number of amides is 2. The van der Waals surface area contributed by atoms with Crippen LogP contribution in [0.15, 0.2) is 42.7 Å². The average molecular weight is 330 g/mol. The molecule has 3 N–H and O–H groups in total. The Bertz CT molecular complexity index is 630. The molecule has 0 radical (unpaired) electrons. The van der Waals surface area contributed by atoms with Crippen LogP contribution in [0.25, 0.3) is 5.69 Å². The van der Waals surface area contributed by atoms with E-state index in [1.54, 1.807) is 10.9 Å². The molecule has 130 valence electrons. The molecule has 2 aromatic rings. The van der Waals surface area contributed by atoms with Crippen molar-refractivity contribution in [2.24, 2.45) is 5.41 Å². The van der Waals surface area contributed by atoms with Gasteiger partial charge in [-0.25, -0.2) is 9.48 Å². The highest BCUT2D eigenvalue weighted by Gasteiger charge is 2.19. The molecule has 1 aromatic heterocycles. The lowest BCUT2D eigenvalue weighted by molar-refractivity contribution is 0.191. The summed E-state index contributed by atoms with van der Waals surface area (Å²) in [5, 5.41) is 19.2. The number of hydrogen-bond donors (Lipinski definition) is 3. The molecule has 0 spiro atoms. The molecule has 0 fully saturated rings. The molecule has 0 bridgehead atoms. The van der Waals surface area contributed by atoms with E-state index in [2.05, 4.69) is 36.5 Å². The summed E-state index contributed by atoms with van der Waals surface area (Å²) in [7, 11) is 0. The molecule has 0 aliphatic heterocycles. The van der Waals surface area contributed by atoms with Crippen LogP contribution in [0.2, 0.25) is 0 Å². The molecule has 1 atom stereocenters. The van der Waals surface area contributed by atoms with Gasteiger partial charge < -0.3 is 15.7 Å². The minimum Gasteiger partial charge on any atom is -0.394 e. The molecule has 6 heteroatoms. The fourth-order valence-electron chi connectivity index (χ4n) is 2.51. The van der Waals surface area contributed by atoms with Crippen molar-refractivity contribution in [3.63, 3.8) is 0 Å². The Morgan fingerprint density at radius 3 is 2.54 bits per heavy atom. The number of aromatic nitrogens is 2. The van der Waals surface area contributed by atoms with Crippen molar-refractivity contribution in [3.05, 3.63) is 48.3 Å². The first-order valence-corrected chi connectivity index (χ1v) is 8.11. The lowest BCUT2D eigenvalue weighted by atomic mass is 9.88. The highest BCUT2D eigenvalue weighted by atomic mass is 16.3. The van der Waals surface area contributed by atoms with E-state index in [1.165, 1.54) is 0 Å². The van der Waals surface area contributed by atoms with E-state index in [4.69, 9.17) is 0 Å². The van der Waals surface area contributed by atoms with Gasteiger partial charge in [-0.3, -0.25) is 0 Å². The Labute approximate surface area is 142 Å². The summed E-state index contributed by atoms with van der Waals surface area (Å²) in [6, 6.07) is 9.18. The zero-order valence-corrected chi connectivity index (χ0v) is 14.5. The van der Waals surface area contributed by atoms with Crippen molar-refractivity contribution in [1.82, 2.24) is 20.4 Å². The van der Waals surface area contributed by atoms with Crippen molar-refractivity contribution in [2.75, 3.05) is 6.61 Å². The van der Waals surface area contributed by atoms with Gasteiger partial charge >= 0.3 is 6.03 Å². The number of hydrogen-bond acceptors (Lipinski definition) is 3. The number of rotatable bonds is 6. The monoisotopic (exact) mass is 330 g/mol. The first kappa shape index (κ1) is 18.0. The maximum atomic E-state index is 12.0. The summed E-state index contributed by atoms with van der Waals surface area (Å²) in [6.45, 7) is 6.60. The molecule has 0 aliphatic rings. The van der Waals surface area contributed by atoms with Gasteiger partial charge in [0.25, 0.3) is 0 Å². The number of nitrogens with zero attached hydrogens (tertiary/aromatic N) is 2. The summed E-state index contributed by atoms with van der Waals surface area (Å²) in [4.78, 5) is 12.0. The van der Waals surface area contributed by atoms with Crippen molar-refractivity contribution < 1.29 is 9.90 Å². The average Bonchev–Trinajstić information content (AvgIpc) is 3.06. The first-order chi connectivity index (χ1) is 11.4.